The first-order valence-corrected chi connectivity index (χ1v) is 9.90. The molecule has 7 heteroatoms. The smallest absolute Gasteiger partial charge is 0.191 e. The Morgan fingerprint density at radius 1 is 1.21 bits per heavy atom. The fourth-order valence-corrected chi connectivity index (χ4v) is 3.30. The van der Waals surface area contributed by atoms with Crippen LogP contribution < -0.4 is 10.6 Å². The number of nitrogens with one attached hydrogen (secondary N) is 3. The summed E-state index contributed by atoms with van der Waals surface area (Å²) in [6, 6.07) is 4.84. The fourth-order valence-electron chi connectivity index (χ4n) is 3.30. The first kappa shape index (κ1) is 19.9. The lowest BCUT2D eigenvalue weighted by Crippen LogP contribution is -2.38. The molecule has 3 rings (SSSR count). The van der Waals surface area contributed by atoms with E-state index in [2.05, 4.69) is 34.6 Å². The van der Waals surface area contributed by atoms with E-state index in [4.69, 9.17) is 9.52 Å². The molecule has 0 spiro atoms. The van der Waals surface area contributed by atoms with Crippen molar-refractivity contribution in [2.45, 2.75) is 46.6 Å². The molecule has 3 aromatic rings. The van der Waals surface area contributed by atoms with Crippen molar-refractivity contribution in [2.24, 2.45) is 4.99 Å². The van der Waals surface area contributed by atoms with Crippen molar-refractivity contribution in [2.75, 3.05) is 13.1 Å². The van der Waals surface area contributed by atoms with Crippen LogP contribution in [0.3, 0.4) is 0 Å². The zero-order valence-electron chi connectivity index (χ0n) is 16.7. The van der Waals surface area contributed by atoms with Gasteiger partial charge < -0.3 is 20.1 Å². The number of aromatic nitrogens is 2. The van der Waals surface area contributed by atoms with E-state index >= 15 is 0 Å². The van der Waals surface area contributed by atoms with Gasteiger partial charge in [-0.1, -0.05) is 19.0 Å². The third kappa shape index (κ3) is 4.52. The minimum absolute atomic E-state index is 0.229. The van der Waals surface area contributed by atoms with Gasteiger partial charge in [-0.25, -0.2) is 9.38 Å². The van der Waals surface area contributed by atoms with Crippen molar-refractivity contribution in [3.05, 3.63) is 52.8 Å². The maximum Gasteiger partial charge on any atom is 0.191 e. The second kappa shape index (κ2) is 9.39. The average molecular weight is 385 g/mol. The van der Waals surface area contributed by atoms with Crippen molar-refractivity contribution in [3.8, 4) is 0 Å². The van der Waals surface area contributed by atoms with E-state index in [1.807, 2.05) is 19.2 Å². The molecule has 0 aliphatic carbocycles. The number of benzene rings is 1. The summed E-state index contributed by atoms with van der Waals surface area (Å²) in [6.07, 6.45) is 4.39. The molecule has 0 bridgehead atoms. The Morgan fingerprint density at radius 2 is 2.07 bits per heavy atom. The fraction of sp³-hybridized carbons (Fsp3) is 0.429. The van der Waals surface area contributed by atoms with Crippen LogP contribution in [0.5, 0.6) is 0 Å². The third-order valence-corrected chi connectivity index (χ3v) is 4.76. The standard InChI is InChI=1S/C21H28FN5O/c1-4-18-17(20(5-2)28-27-18)13-26-21(23-6-3)24-10-9-14-12-25-19-11-15(22)7-8-16(14)19/h7-8,11-12,25H,4-6,9-10,13H2,1-3H3,(H2,23,24,26). The van der Waals surface area contributed by atoms with Gasteiger partial charge in [0.25, 0.3) is 0 Å². The SMILES string of the molecule is CCNC(=NCc1c(CC)noc1CC)NCCc1c[nH]c2cc(F)ccc12. The normalized spacial score (nSPS) is 11.9. The molecule has 0 aliphatic rings. The quantitative estimate of drug-likeness (QED) is 0.408. The molecular weight excluding hydrogens is 357 g/mol. The van der Waals surface area contributed by atoms with Gasteiger partial charge in [0.15, 0.2) is 5.96 Å². The molecule has 0 saturated carbocycles. The van der Waals surface area contributed by atoms with Crippen LogP contribution >= 0.6 is 0 Å². The minimum Gasteiger partial charge on any atom is -0.361 e. The van der Waals surface area contributed by atoms with Crippen LogP contribution in [-0.4, -0.2) is 29.2 Å². The Kier molecular flexibility index (Phi) is 6.68. The van der Waals surface area contributed by atoms with E-state index in [0.29, 0.717) is 6.54 Å². The summed E-state index contributed by atoms with van der Waals surface area (Å²) in [6.45, 7) is 8.21. The minimum atomic E-state index is -0.229. The first-order valence-electron chi connectivity index (χ1n) is 9.90. The maximum atomic E-state index is 13.3. The highest BCUT2D eigenvalue weighted by molar-refractivity contribution is 5.83. The van der Waals surface area contributed by atoms with Gasteiger partial charge in [0.2, 0.25) is 0 Å². The number of fused-ring (bicyclic) bond motifs is 1. The van der Waals surface area contributed by atoms with Gasteiger partial charge >= 0.3 is 0 Å². The monoisotopic (exact) mass is 385 g/mol. The number of aromatic amines is 1. The maximum absolute atomic E-state index is 13.3. The van der Waals surface area contributed by atoms with Crippen molar-refractivity contribution in [1.82, 2.24) is 20.8 Å². The molecule has 3 N–H and O–H groups in total. The summed E-state index contributed by atoms with van der Waals surface area (Å²) in [5.41, 5.74) is 4.03. The van der Waals surface area contributed by atoms with Crippen LogP contribution in [0.15, 0.2) is 33.9 Å². The summed E-state index contributed by atoms with van der Waals surface area (Å²) < 4.78 is 18.7. The molecule has 28 heavy (non-hydrogen) atoms. The molecule has 2 aromatic heterocycles. The number of halogens is 1. The number of guanidine groups is 1. The molecule has 0 unspecified atom stereocenters. The van der Waals surface area contributed by atoms with Gasteiger partial charge in [-0.15, -0.1) is 0 Å². The lowest BCUT2D eigenvalue weighted by Gasteiger charge is -2.11. The molecule has 0 radical (unpaired) electrons. The molecule has 2 heterocycles. The van der Waals surface area contributed by atoms with Crippen molar-refractivity contribution in [3.63, 3.8) is 0 Å². The van der Waals surface area contributed by atoms with E-state index in [0.717, 1.165) is 71.8 Å². The molecular formula is C21H28FN5O. The van der Waals surface area contributed by atoms with Gasteiger partial charge in [-0.2, -0.15) is 0 Å². The summed E-state index contributed by atoms with van der Waals surface area (Å²) in [4.78, 5) is 7.83. The Balaban J connectivity index is 1.64. The Hall–Kier alpha value is -2.83. The Bertz CT molecular complexity index is 922. The van der Waals surface area contributed by atoms with Gasteiger partial charge in [0, 0.05) is 42.2 Å². The third-order valence-electron chi connectivity index (χ3n) is 4.76. The summed E-state index contributed by atoms with van der Waals surface area (Å²) in [5.74, 6) is 1.44. The van der Waals surface area contributed by atoms with E-state index in [-0.39, 0.29) is 5.82 Å². The molecule has 0 aliphatic heterocycles. The van der Waals surface area contributed by atoms with E-state index in [1.165, 1.54) is 12.1 Å². The van der Waals surface area contributed by atoms with Crippen LogP contribution in [0, 0.1) is 5.82 Å². The highest BCUT2D eigenvalue weighted by Crippen LogP contribution is 2.19. The summed E-state index contributed by atoms with van der Waals surface area (Å²) in [5, 5.41) is 11.8. The van der Waals surface area contributed by atoms with Crippen LogP contribution in [0.4, 0.5) is 4.39 Å². The molecule has 1 aromatic carbocycles. The molecule has 0 atom stereocenters. The summed E-state index contributed by atoms with van der Waals surface area (Å²) >= 11 is 0. The zero-order chi connectivity index (χ0) is 19.9. The van der Waals surface area contributed by atoms with Crippen LogP contribution in [0.25, 0.3) is 10.9 Å². The number of aryl methyl sites for hydroxylation is 2. The second-order valence-corrected chi connectivity index (χ2v) is 6.61. The van der Waals surface area contributed by atoms with E-state index in [1.54, 1.807) is 0 Å². The Labute approximate surface area is 164 Å². The highest BCUT2D eigenvalue weighted by atomic mass is 19.1. The molecule has 0 amide bonds. The highest BCUT2D eigenvalue weighted by Gasteiger charge is 2.13. The first-order chi connectivity index (χ1) is 13.7. The number of hydrogen-bond acceptors (Lipinski definition) is 3. The van der Waals surface area contributed by atoms with Gasteiger partial charge in [-0.05, 0) is 43.5 Å². The van der Waals surface area contributed by atoms with Crippen LogP contribution in [0.2, 0.25) is 0 Å². The average Bonchev–Trinajstić information content (AvgIpc) is 3.29. The number of hydrogen-bond donors (Lipinski definition) is 3. The lowest BCUT2D eigenvalue weighted by atomic mass is 10.1. The van der Waals surface area contributed by atoms with E-state index in [9.17, 15) is 4.39 Å². The van der Waals surface area contributed by atoms with Crippen LogP contribution in [0.1, 0.15) is 43.4 Å². The van der Waals surface area contributed by atoms with Gasteiger partial charge in [0.05, 0.1) is 12.2 Å². The van der Waals surface area contributed by atoms with Crippen LogP contribution in [-0.2, 0) is 25.8 Å². The number of aliphatic imine (C=N–C) groups is 1. The lowest BCUT2D eigenvalue weighted by molar-refractivity contribution is 0.380. The van der Waals surface area contributed by atoms with Crippen molar-refractivity contribution in [1.29, 1.82) is 0 Å². The van der Waals surface area contributed by atoms with Gasteiger partial charge in [0.1, 0.15) is 11.6 Å². The Morgan fingerprint density at radius 3 is 2.82 bits per heavy atom. The number of H-pyrrole nitrogens is 1. The number of nitrogens with zero attached hydrogens (tertiary/aromatic N) is 2. The van der Waals surface area contributed by atoms with E-state index < -0.39 is 0 Å². The second-order valence-electron chi connectivity index (χ2n) is 6.61. The predicted molar refractivity (Wildman–Crippen MR) is 110 cm³/mol. The summed E-state index contributed by atoms with van der Waals surface area (Å²) in [7, 11) is 0. The predicted octanol–water partition coefficient (Wildman–Crippen LogP) is 3.72. The largest absolute Gasteiger partial charge is 0.361 e. The molecule has 150 valence electrons. The van der Waals surface area contributed by atoms with Gasteiger partial charge in [-0.3, -0.25) is 0 Å². The molecule has 0 saturated heterocycles. The van der Waals surface area contributed by atoms with Crippen molar-refractivity contribution < 1.29 is 8.91 Å². The molecule has 0 fully saturated rings. The molecule has 6 nitrogen and oxygen atoms in total. The number of rotatable bonds is 8. The van der Waals surface area contributed by atoms with Crippen molar-refractivity contribution >= 4 is 16.9 Å². The topological polar surface area (TPSA) is 78.2 Å². The zero-order valence-corrected chi connectivity index (χ0v) is 16.7.